The number of ether oxygens (including phenoxy) is 2. The first kappa shape index (κ1) is 20.8. The maximum atomic E-state index is 12.9. The van der Waals surface area contributed by atoms with Gasteiger partial charge in [0.2, 0.25) is 12.0 Å². The number of aryl methyl sites for hydroxylation is 2. The second kappa shape index (κ2) is 8.82. The fourth-order valence-electron chi connectivity index (χ4n) is 4.74. The summed E-state index contributed by atoms with van der Waals surface area (Å²) in [4.78, 5) is 29.7. The average Bonchev–Trinajstić information content (AvgIpc) is 3.31. The molecule has 2 atom stereocenters. The van der Waals surface area contributed by atoms with E-state index in [0.717, 1.165) is 18.5 Å². The lowest BCUT2D eigenvalue weighted by Gasteiger charge is -2.39. The van der Waals surface area contributed by atoms with Crippen molar-refractivity contribution in [2.24, 2.45) is 0 Å². The SMILES string of the molecule is C[C@H](C(=O)Nc1ccc2c(c1)CCC2)N1CCN(C(=O)[C@@H]2COc3ccccc3O2)CC1. The lowest BCUT2D eigenvalue weighted by Crippen LogP contribution is -2.57. The minimum atomic E-state index is -0.628. The van der Waals surface area contributed by atoms with Crippen molar-refractivity contribution in [3.05, 3.63) is 53.6 Å². The number of nitrogens with one attached hydrogen (secondary N) is 1. The van der Waals surface area contributed by atoms with Crippen LogP contribution < -0.4 is 14.8 Å². The molecule has 3 aliphatic rings. The third-order valence-corrected chi connectivity index (χ3v) is 6.70. The summed E-state index contributed by atoms with van der Waals surface area (Å²) < 4.78 is 11.6. The average molecular weight is 436 g/mol. The Bertz CT molecular complexity index is 1020. The lowest BCUT2D eigenvalue weighted by molar-refractivity contribution is -0.143. The van der Waals surface area contributed by atoms with Gasteiger partial charge in [-0.1, -0.05) is 18.2 Å². The summed E-state index contributed by atoms with van der Waals surface area (Å²) >= 11 is 0. The molecule has 0 spiro atoms. The molecule has 0 radical (unpaired) electrons. The number of rotatable bonds is 4. The first-order valence-corrected chi connectivity index (χ1v) is 11.4. The van der Waals surface area contributed by atoms with E-state index in [1.54, 1.807) is 0 Å². The zero-order chi connectivity index (χ0) is 22.1. The highest BCUT2D eigenvalue weighted by atomic mass is 16.6. The number of benzene rings is 2. The predicted octanol–water partition coefficient (Wildman–Crippen LogP) is 2.49. The van der Waals surface area contributed by atoms with Crippen LogP contribution in [-0.2, 0) is 22.4 Å². The largest absolute Gasteiger partial charge is 0.485 e. The Morgan fingerprint density at radius 2 is 1.75 bits per heavy atom. The van der Waals surface area contributed by atoms with Crippen LogP contribution in [0.1, 0.15) is 24.5 Å². The molecule has 0 saturated carbocycles. The zero-order valence-corrected chi connectivity index (χ0v) is 18.4. The molecule has 1 N–H and O–H groups in total. The molecule has 1 fully saturated rings. The number of fused-ring (bicyclic) bond motifs is 2. The van der Waals surface area contributed by atoms with Crippen LogP contribution in [-0.4, -0.2) is 66.5 Å². The van der Waals surface area contributed by atoms with E-state index in [4.69, 9.17) is 9.47 Å². The van der Waals surface area contributed by atoms with Crippen LogP contribution in [0.3, 0.4) is 0 Å². The van der Waals surface area contributed by atoms with E-state index in [0.29, 0.717) is 37.7 Å². The Morgan fingerprint density at radius 3 is 2.56 bits per heavy atom. The standard InChI is InChI=1S/C25H29N3O4/c1-17(24(29)26-20-10-9-18-5-4-6-19(18)15-20)27-11-13-28(14-12-27)25(30)23-16-31-21-7-2-3-8-22(21)32-23/h2-3,7-10,15,17,23H,4-6,11-14,16H2,1H3,(H,26,29)/t17-,23+/m1/s1. The molecule has 2 aromatic carbocycles. The van der Waals surface area contributed by atoms with Crippen LogP contribution in [0.4, 0.5) is 5.69 Å². The number of carbonyl (C=O) groups is 2. The Balaban J connectivity index is 1.13. The molecule has 168 valence electrons. The van der Waals surface area contributed by atoms with Gasteiger partial charge in [-0.05, 0) is 61.6 Å². The molecule has 2 amide bonds. The van der Waals surface area contributed by atoms with E-state index in [1.807, 2.05) is 42.2 Å². The van der Waals surface area contributed by atoms with Crippen LogP contribution in [0.5, 0.6) is 11.5 Å². The third kappa shape index (κ3) is 4.17. The van der Waals surface area contributed by atoms with Crippen LogP contribution in [0.15, 0.2) is 42.5 Å². The van der Waals surface area contributed by atoms with Gasteiger partial charge in [-0.3, -0.25) is 14.5 Å². The van der Waals surface area contributed by atoms with Crippen molar-refractivity contribution in [3.8, 4) is 11.5 Å². The fourth-order valence-corrected chi connectivity index (χ4v) is 4.74. The molecule has 7 heteroatoms. The van der Waals surface area contributed by atoms with Gasteiger partial charge in [-0.2, -0.15) is 0 Å². The molecule has 1 saturated heterocycles. The van der Waals surface area contributed by atoms with Crippen LogP contribution in [0.2, 0.25) is 0 Å². The molecular weight excluding hydrogens is 406 g/mol. The Kier molecular flexibility index (Phi) is 5.74. The maximum Gasteiger partial charge on any atom is 0.267 e. The number of anilines is 1. The van der Waals surface area contributed by atoms with E-state index < -0.39 is 6.10 Å². The number of nitrogens with zero attached hydrogens (tertiary/aromatic N) is 2. The molecule has 32 heavy (non-hydrogen) atoms. The minimum absolute atomic E-state index is 0.0108. The summed E-state index contributed by atoms with van der Waals surface area (Å²) in [7, 11) is 0. The monoisotopic (exact) mass is 435 g/mol. The van der Waals surface area contributed by atoms with E-state index in [-0.39, 0.29) is 24.5 Å². The highest BCUT2D eigenvalue weighted by Crippen LogP contribution is 2.31. The molecule has 0 bridgehead atoms. The molecular formula is C25H29N3O4. The zero-order valence-electron chi connectivity index (χ0n) is 18.4. The molecule has 0 aromatic heterocycles. The summed E-state index contributed by atoms with van der Waals surface area (Å²) in [6, 6.07) is 13.4. The van der Waals surface area contributed by atoms with Crippen molar-refractivity contribution in [3.63, 3.8) is 0 Å². The normalized spacial score (nSPS) is 21.0. The smallest absolute Gasteiger partial charge is 0.267 e. The fraction of sp³-hybridized carbons (Fsp3) is 0.440. The molecule has 2 aliphatic heterocycles. The van der Waals surface area contributed by atoms with Crippen molar-refractivity contribution < 1.29 is 19.1 Å². The number of piperazine rings is 1. The number of carbonyl (C=O) groups excluding carboxylic acids is 2. The molecule has 2 heterocycles. The van der Waals surface area contributed by atoms with Crippen molar-refractivity contribution in [2.45, 2.75) is 38.3 Å². The van der Waals surface area contributed by atoms with Gasteiger partial charge in [-0.25, -0.2) is 0 Å². The lowest BCUT2D eigenvalue weighted by atomic mass is 10.1. The second-order valence-electron chi connectivity index (χ2n) is 8.73. The highest BCUT2D eigenvalue weighted by molar-refractivity contribution is 5.94. The number of para-hydroxylation sites is 2. The third-order valence-electron chi connectivity index (χ3n) is 6.70. The quantitative estimate of drug-likeness (QED) is 0.799. The molecule has 7 nitrogen and oxygen atoms in total. The summed E-state index contributed by atoms with van der Waals surface area (Å²) in [6.07, 6.45) is 2.78. The van der Waals surface area contributed by atoms with E-state index >= 15 is 0 Å². The summed E-state index contributed by atoms with van der Waals surface area (Å²) in [5, 5.41) is 3.07. The summed E-state index contributed by atoms with van der Waals surface area (Å²) in [5.41, 5.74) is 3.61. The molecule has 5 rings (SSSR count). The Hall–Kier alpha value is -3.06. The Morgan fingerprint density at radius 1 is 1.00 bits per heavy atom. The molecule has 0 unspecified atom stereocenters. The van der Waals surface area contributed by atoms with Gasteiger partial charge in [0.05, 0.1) is 6.04 Å². The predicted molar refractivity (Wildman–Crippen MR) is 121 cm³/mol. The van der Waals surface area contributed by atoms with Gasteiger partial charge >= 0.3 is 0 Å². The van der Waals surface area contributed by atoms with E-state index in [9.17, 15) is 9.59 Å². The van der Waals surface area contributed by atoms with Crippen LogP contribution in [0.25, 0.3) is 0 Å². The van der Waals surface area contributed by atoms with E-state index in [1.165, 1.54) is 17.5 Å². The second-order valence-corrected chi connectivity index (χ2v) is 8.73. The number of hydrogen-bond acceptors (Lipinski definition) is 5. The summed E-state index contributed by atoms with van der Waals surface area (Å²) in [6.45, 7) is 4.57. The first-order chi connectivity index (χ1) is 15.6. The van der Waals surface area contributed by atoms with Crippen LogP contribution >= 0.6 is 0 Å². The maximum absolute atomic E-state index is 12.9. The van der Waals surface area contributed by atoms with Gasteiger partial charge in [0.1, 0.15) is 6.61 Å². The van der Waals surface area contributed by atoms with Gasteiger partial charge in [0, 0.05) is 31.9 Å². The van der Waals surface area contributed by atoms with Crippen molar-refractivity contribution in [1.82, 2.24) is 9.80 Å². The van der Waals surface area contributed by atoms with Crippen LogP contribution in [0, 0.1) is 0 Å². The number of amides is 2. The number of hydrogen-bond donors (Lipinski definition) is 1. The van der Waals surface area contributed by atoms with Gasteiger partial charge in [-0.15, -0.1) is 0 Å². The minimum Gasteiger partial charge on any atom is -0.485 e. The summed E-state index contributed by atoms with van der Waals surface area (Å²) in [5.74, 6) is 1.20. The van der Waals surface area contributed by atoms with Gasteiger partial charge in [0.25, 0.3) is 5.91 Å². The van der Waals surface area contributed by atoms with Crippen molar-refractivity contribution in [1.29, 1.82) is 0 Å². The topological polar surface area (TPSA) is 71.1 Å². The Labute approximate surface area is 188 Å². The highest BCUT2D eigenvalue weighted by Gasteiger charge is 2.34. The van der Waals surface area contributed by atoms with Crippen molar-refractivity contribution >= 4 is 17.5 Å². The molecule has 1 aliphatic carbocycles. The van der Waals surface area contributed by atoms with E-state index in [2.05, 4.69) is 22.3 Å². The first-order valence-electron chi connectivity index (χ1n) is 11.4. The van der Waals surface area contributed by atoms with Gasteiger partial charge in [0.15, 0.2) is 11.5 Å². The van der Waals surface area contributed by atoms with Gasteiger partial charge < -0.3 is 19.7 Å². The molecule has 2 aromatic rings. The van der Waals surface area contributed by atoms with Crippen molar-refractivity contribution in [2.75, 3.05) is 38.1 Å².